The predicted molar refractivity (Wildman–Crippen MR) is 63.7 cm³/mol. The Morgan fingerprint density at radius 1 is 1.27 bits per heavy atom. The van der Waals surface area contributed by atoms with Gasteiger partial charge in [0.25, 0.3) is 0 Å². The van der Waals surface area contributed by atoms with Crippen LogP contribution in [0.1, 0.15) is 6.92 Å². The van der Waals surface area contributed by atoms with Gasteiger partial charge in [0.05, 0.1) is 13.2 Å². The topological polar surface area (TPSA) is 43.7 Å². The van der Waals surface area contributed by atoms with Crippen molar-refractivity contribution in [3.8, 4) is 0 Å². The smallest absolute Gasteiger partial charge is 0.0558 e. The van der Waals surface area contributed by atoms with Gasteiger partial charge in [-0.2, -0.15) is 0 Å². The zero-order chi connectivity index (χ0) is 11.7. The van der Waals surface area contributed by atoms with Gasteiger partial charge in [-0.25, -0.2) is 0 Å². The first-order valence-corrected chi connectivity index (χ1v) is 5.06. The van der Waals surface area contributed by atoms with Crippen LogP contribution in [0, 0.1) is 0 Å². The molecular weight excluding hydrogens is 190 g/mol. The lowest BCUT2D eigenvalue weighted by atomic mass is 10.1. The molecule has 0 fully saturated rings. The first-order valence-electron chi connectivity index (χ1n) is 5.06. The van der Waals surface area contributed by atoms with Crippen LogP contribution in [0.25, 0.3) is 0 Å². The van der Waals surface area contributed by atoms with Gasteiger partial charge in [0.15, 0.2) is 0 Å². The molecule has 0 bridgehead atoms. The maximum Gasteiger partial charge on any atom is 0.0558 e. The first kappa shape index (κ1) is 14.1. The van der Waals surface area contributed by atoms with E-state index in [1.165, 1.54) is 0 Å². The highest BCUT2D eigenvalue weighted by Crippen LogP contribution is 2.04. The van der Waals surface area contributed by atoms with E-state index >= 15 is 0 Å². The number of aliphatic hydroxyl groups excluding tert-OH is 2. The number of allylic oxidation sites excluding steroid dienone is 2. The van der Waals surface area contributed by atoms with Crippen molar-refractivity contribution in [3.63, 3.8) is 0 Å². The Balaban J connectivity index is 4.33. The van der Waals surface area contributed by atoms with E-state index in [0.717, 1.165) is 11.1 Å². The minimum atomic E-state index is 0.0947. The average Bonchev–Trinajstić information content (AvgIpc) is 2.16. The van der Waals surface area contributed by atoms with Gasteiger partial charge in [-0.1, -0.05) is 30.9 Å². The lowest BCUT2D eigenvalue weighted by molar-refractivity contribution is 0.170. The molecule has 0 aromatic carbocycles. The molecule has 0 atom stereocenters. The van der Waals surface area contributed by atoms with E-state index in [1.54, 1.807) is 6.08 Å². The lowest BCUT2D eigenvalue weighted by Gasteiger charge is -2.20. The van der Waals surface area contributed by atoms with E-state index in [0.29, 0.717) is 19.6 Å². The van der Waals surface area contributed by atoms with Gasteiger partial charge in [0, 0.05) is 19.6 Å². The Labute approximate surface area is 92.0 Å². The largest absolute Gasteiger partial charge is 0.395 e. The fourth-order valence-electron chi connectivity index (χ4n) is 1.30. The summed E-state index contributed by atoms with van der Waals surface area (Å²) in [4.78, 5) is 1.97. The van der Waals surface area contributed by atoms with E-state index in [4.69, 9.17) is 10.2 Å². The second kappa shape index (κ2) is 8.41. The molecule has 0 aliphatic carbocycles. The van der Waals surface area contributed by atoms with Crippen LogP contribution in [0.2, 0.25) is 0 Å². The number of hydrogen-bond acceptors (Lipinski definition) is 3. The molecule has 3 nitrogen and oxygen atoms in total. The molecule has 2 N–H and O–H groups in total. The summed E-state index contributed by atoms with van der Waals surface area (Å²) in [7, 11) is 0. The van der Waals surface area contributed by atoms with Crippen molar-refractivity contribution in [1.29, 1.82) is 0 Å². The normalized spacial score (nSPS) is 11.9. The minimum absolute atomic E-state index is 0.0947. The maximum atomic E-state index is 8.84. The van der Waals surface area contributed by atoms with Crippen molar-refractivity contribution in [1.82, 2.24) is 4.90 Å². The Hall–Kier alpha value is -0.900. The van der Waals surface area contributed by atoms with Crippen LogP contribution in [0.5, 0.6) is 0 Å². The molecule has 0 amide bonds. The molecule has 0 aromatic rings. The third kappa shape index (κ3) is 7.08. The fourth-order valence-corrected chi connectivity index (χ4v) is 1.30. The van der Waals surface area contributed by atoms with Crippen molar-refractivity contribution in [2.75, 3.05) is 32.8 Å². The Morgan fingerprint density at radius 2 is 1.80 bits per heavy atom. The Kier molecular flexibility index (Phi) is 7.91. The number of aliphatic hydroxyl groups is 2. The monoisotopic (exact) mass is 211 g/mol. The molecular formula is C12H21NO2. The van der Waals surface area contributed by atoms with Gasteiger partial charge in [0.2, 0.25) is 0 Å². The summed E-state index contributed by atoms with van der Waals surface area (Å²) in [6.45, 7) is 11.4. The van der Waals surface area contributed by atoms with Crippen molar-refractivity contribution >= 4 is 0 Å². The van der Waals surface area contributed by atoms with Crippen LogP contribution >= 0.6 is 0 Å². The zero-order valence-corrected chi connectivity index (χ0v) is 9.45. The van der Waals surface area contributed by atoms with Crippen molar-refractivity contribution in [2.24, 2.45) is 0 Å². The summed E-state index contributed by atoms with van der Waals surface area (Å²) in [6, 6.07) is 0. The summed E-state index contributed by atoms with van der Waals surface area (Å²) >= 11 is 0. The number of nitrogens with zero attached hydrogens (tertiary/aromatic N) is 1. The maximum absolute atomic E-state index is 8.84. The molecule has 0 aliphatic heterocycles. The van der Waals surface area contributed by atoms with E-state index in [1.807, 2.05) is 17.9 Å². The molecule has 0 rings (SSSR count). The molecule has 0 spiro atoms. The van der Waals surface area contributed by atoms with Gasteiger partial charge in [0.1, 0.15) is 0 Å². The van der Waals surface area contributed by atoms with Gasteiger partial charge in [-0.15, -0.1) is 0 Å². The quantitative estimate of drug-likeness (QED) is 0.588. The average molecular weight is 211 g/mol. The molecule has 15 heavy (non-hydrogen) atoms. The van der Waals surface area contributed by atoms with Crippen LogP contribution in [0.3, 0.4) is 0 Å². The summed E-state index contributed by atoms with van der Waals surface area (Å²) in [6.07, 6.45) is 3.73. The third-order valence-corrected chi connectivity index (χ3v) is 1.93. The molecule has 0 saturated carbocycles. The second-order valence-electron chi connectivity index (χ2n) is 3.49. The van der Waals surface area contributed by atoms with Gasteiger partial charge in [-0.05, 0) is 12.5 Å². The van der Waals surface area contributed by atoms with E-state index in [2.05, 4.69) is 13.2 Å². The number of rotatable bonds is 8. The highest BCUT2D eigenvalue weighted by molar-refractivity contribution is 5.27. The summed E-state index contributed by atoms with van der Waals surface area (Å²) in [5, 5.41) is 17.7. The van der Waals surface area contributed by atoms with Crippen molar-refractivity contribution in [2.45, 2.75) is 6.92 Å². The van der Waals surface area contributed by atoms with E-state index < -0.39 is 0 Å². The highest BCUT2D eigenvalue weighted by Gasteiger charge is 2.04. The molecule has 0 radical (unpaired) electrons. The van der Waals surface area contributed by atoms with Gasteiger partial charge >= 0.3 is 0 Å². The third-order valence-electron chi connectivity index (χ3n) is 1.93. The minimum Gasteiger partial charge on any atom is -0.395 e. The lowest BCUT2D eigenvalue weighted by Crippen LogP contribution is -2.31. The number of hydrogen-bond donors (Lipinski definition) is 2. The highest BCUT2D eigenvalue weighted by atomic mass is 16.3. The van der Waals surface area contributed by atoms with E-state index in [9.17, 15) is 0 Å². The molecule has 86 valence electrons. The molecule has 0 unspecified atom stereocenters. The van der Waals surface area contributed by atoms with Crippen molar-refractivity contribution < 1.29 is 10.2 Å². The SMILES string of the molecule is C=C/C(=C\C(=C)C)CN(CCO)CCO. The summed E-state index contributed by atoms with van der Waals surface area (Å²) in [5.74, 6) is 0. The van der Waals surface area contributed by atoms with Gasteiger partial charge < -0.3 is 10.2 Å². The predicted octanol–water partition coefficient (Wildman–Crippen LogP) is 0.962. The standard InChI is InChI=1S/C12H21NO2/c1-4-12(9-11(2)3)10-13(5-7-14)6-8-15/h4,9,14-15H,1-2,5-8,10H2,3H3/b12-9+. The summed E-state index contributed by atoms with van der Waals surface area (Å²) in [5.41, 5.74) is 2.02. The van der Waals surface area contributed by atoms with E-state index in [-0.39, 0.29) is 13.2 Å². The van der Waals surface area contributed by atoms with Crippen LogP contribution in [0.4, 0.5) is 0 Å². The molecule has 0 heterocycles. The Bertz CT molecular complexity index is 228. The van der Waals surface area contributed by atoms with Crippen LogP contribution in [-0.2, 0) is 0 Å². The Morgan fingerprint density at radius 3 is 2.13 bits per heavy atom. The molecule has 0 aliphatic rings. The first-order chi connectivity index (χ1) is 7.13. The molecule has 3 heteroatoms. The van der Waals surface area contributed by atoms with Crippen LogP contribution in [-0.4, -0.2) is 48.0 Å². The molecule has 0 aromatic heterocycles. The van der Waals surface area contributed by atoms with Crippen LogP contribution < -0.4 is 0 Å². The van der Waals surface area contributed by atoms with Crippen LogP contribution in [0.15, 0.2) is 36.5 Å². The van der Waals surface area contributed by atoms with Crippen molar-refractivity contribution in [3.05, 3.63) is 36.5 Å². The second-order valence-corrected chi connectivity index (χ2v) is 3.49. The fraction of sp³-hybridized carbons (Fsp3) is 0.500. The van der Waals surface area contributed by atoms with Gasteiger partial charge in [-0.3, -0.25) is 4.90 Å². The summed E-state index contributed by atoms with van der Waals surface area (Å²) < 4.78 is 0. The zero-order valence-electron chi connectivity index (χ0n) is 9.45. The molecule has 0 saturated heterocycles.